The lowest BCUT2D eigenvalue weighted by Gasteiger charge is -2.20. The summed E-state index contributed by atoms with van der Waals surface area (Å²) in [6.45, 7) is 8.19. The van der Waals surface area contributed by atoms with Crippen molar-refractivity contribution in [1.29, 1.82) is 0 Å². The van der Waals surface area contributed by atoms with Gasteiger partial charge in [0.05, 0.1) is 18.8 Å². The molecule has 0 spiro atoms. The molecule has 0 bridgehead atoms. The summed E-state index contributed by atoms with van der Waals surface area (Å²) in [7, 11) is 0. The van der Waals surface area contributed by atoms with Crippen LogP contribution < -0.4 is 16.0 Å². The highest BCUT2D eigenvalue weighted by molar-refractivity contribution is 5.78. The fourth-order valence-corrected chi connectivity index (χ4v) is 2.52. The second-order valence-electron chi connectivity index (χ2n) is 7.12. The lowest BCUT2D eigenvalue weighted by Crippen LogP contribution is -2.39. The number of carbonyl (C=O) groups is 1. The minimum Gasteiger partial charge on any atom is -0.467 e. The highest BCUT2D eigenvalue weighted by Gasteiger charge is 2.17. The van der Waals surface area contributed by atoms with Gasteiger partial charge in [-0.05, 0) is 51.4 Å². The Morgan fingerprint density at radius 3 is 2.48 bits per heavy atom. The first-order valence-corrected chi connectivity index (χ1v) is 8.79. The molecule has 5 heteroatoms. The van der Waals surface area contributed by atoms with E-state index in [-0.39, 0.29) is 24.0 Å². The van der Waals surface area contributed by atoms with E-state index in [4.69, 9.17) is 4.42 Å². The first-order valence-electron chi connectivity index (χ1n) is 8.79. The van der Waals surface area contributed by atoms with Gasteiger partial charge in [0.25, 0.3) is 0 Å². The molecule has 2 rings (SSSR count). The van der Waals surface area contributed by atoms with Crippen molar-refractivity contribution in [2.75, 3.05) is 19.6 Å². The molecule has 0 unspecified atom stereocenters. The summed E-state index contributed by atoms with van der Waals surface area (Å²) in [5, 5.41) is 9.64. The molecule has 0 aliphatic rings. The van der Waals surface area contributed by atoms with Crippen LogP contribution in [0, 0.1) is 0 Å². The average molecular weight is 343 g/mol. The molecule has 1 amide bonds. The molecule has 0 aliphatic heterocycles. The SMILES string of the molecule is CC(C)(C)NCCCNC(=O)CN[C@H](c1ccccc1)c1ccco1. The molecule has 3 N–H and O–H groups in total. The predicted molar refractivity (Wildman–Crippen MR) is 100 cm³/mol. The summed E-state index contributed by atoms with van der Waals surface area (Å²) in [5.74, 6) is 0.789. The van der Waals surface area contributed by atoms with Crippen LogP contribution in [0.5, 0.6) is 0 Å². The van der Waals surface area contributed by atoms with E-state index >= 15 is 0 Å². The molecule has 5 nitrogen and oxygen atoms in total. The highest BCUT2D eigenvalue weighted by Crippen LogP contribution is 2.21. The summed E-state index contributed by atoms with van der Waals surface area (Å²) >= 11 is 0. The van der Waals surface area contributed by atoms with Gasteiger partial charge in [-0.2, -0.15) is 0 Å². The number of amides is 1. The van der Waals surface area contributed by atoms with Gasteiger partial charge in [0.2, 0.25) is 5.91 Å². The average Bonchev–Trinajstić information content (AvgIpc) is 3.09. The number of carbonyl (C=O) groups excluding carboxylic acids is 1. The Bertz CT molecular complexity index is 618. The summed E-state index contributed by atoms with van der Waals surface area (Å²) in [5.41, 5.74) is 1.18. The standard InChI is InChI=1S/C20H29N3O2/c1-20(2,3)23-13-8-12-21-18(24)15-22-19(17-11-7-14-25-17)16-9-5-4-6-10-16/h4-7,9-11,14,19,22-23H,8,12-13,15H2,1-3H3,(H,21,24)/t19-/m1/s1. The summed E-state index contributed by atoms with van der Waals surface area (Å²) in [6.07, 6.45) is 2.55. The third-order valence-corrected chi connectivity index (χ3v) is 3.76. The predicted octanol–water partition coefficient (Wildman–Crippen LogP) is 2.85. The Morgan fingerprint density at radius 2 is 1.84 bits per heavy atom. The molecule has 2 aromatic rings. The van der Waals surface area contributed by atoms with Crippen molar-refractivity contribution in [3.63, 3.8) is 0 Å². The minimum absolute atomic E-state index is 0.0109. The van der Waals surface area contributed by atoms with Crippen LogP contribution in [0.3, 0.4) is 0 Å². The topological polar surface area (TPSA) is 66.3 Å². The third kappa shape index (κ3) is 7.11. The summed E-state index contributed by atoms with van der Waals surface area (Å²) in [4.78, 5) is 12.1. The molecule has 1 aromatic heterocycles. The maximum atomic E-state index is 12.1. The van der Waals surface area contributed by atoms with E-state index in [0.717, 1.165) is 24.3 Å². The second kappa shape index (κ2) is 9.39. The number of nitrogens with one attached hydrogen (secondary N) is 3. The lowest BCUT2D eigenvalue weighted by atomic mass is 10.0. The van der Waals surface area contributed by atoms with E-state index in [1.807, 2.05) is 42.5 Å². The Hall–Kier alpha value is -2.11. The normalized spacial score (nSPS) is 12.8. The molecule has 25 heavy (non-hydrogen) atoms. The molecular weight excluding hydrogens is 314 g/mol. The smallest absolute Gasteiger partial charge is 0.233 e. The van der Waals surface area contributed by atoms with E-state index in [9.17, 15) is 4.79 Å². The van der Waals surface area contributed by atoms with E-state index in [2.05, 4.69) is 36.7 Å². The molecule has 0 aliphatic carbocycles. The minimum atomic E-state index is -0.135. The van der Waals surface area contributed by atoms with Gasteiger partial charge in [0.15, 0.2) is 0 Å². The van der Waals surface area contributed by atoms with Crippen LogP contribution in [-0.2, 0) is 4.79 Å². The van der Waals surface area contributed by atoms with Crippen LogP contribution in [0.2, 0.25) is 0 Å². The lowest BCUT2D eigenvalue weighted by molar-refractivity contribution is -0.120. The van der Waals surface area contributed by atoms with Crippen LogP contribution in [-0.4, -0.2) is 31.1 Å². The number of rotatable bonds is 9. The molecular formula is C20H29N3O2. The fraction of sp³-hybridized carbons (Fsp3) is 0.450. The molecule has 1 aromatic carbocycles. The van der Waals surface area contributed by atoms with Crippen molar-refractivity contribution in [3.8, 4) is 0 Å². The molecule has 0 fully saturated rings. The largest absolute Gasteiger partial charge is 0.467 e. The van der Waals surface area contributed by atoms with Crippen LogP contribution in [0.25, 0.3) is 0 Å². The van der Waals surface area contributed by atoms with Crippen molar-refractivity contribution in [1.82, 2.24) is 16.0 Å². The van der Waals surface area contributed by atoms with Gasteiger partial charge in [0, 0.05) is 12.1 Å². The van der Waals surface area contributed by atoms with Gasteiger partial charge in [-0.3, -0.25) is 10.1 Å². The van der Waals surface area contributed by atoms with Crippen LogP contribution in [0.1, 0.15) is 44.6 Å². The van der Waals surface area contributed by atoms with Crippen molar-refractivity contribution >= 4 is 5.91 Å². The van der Waals surface area contributed by atoms with Gasteiger partial charge < -0.3 is 15.1 Å². The van der Waals surface area contributed by atoms with Crippen molar-refractivity contribution in [3.05, 3.63) is 60.1 Å². The van der Waals surface area contributed by atoms with Crippen LogP contribution in [0.4, 0.5) is 0 Å². The maximum absolute atomic E-state index is 12.1. The van der Waals surface area contributed by atoms with Gasteiger partial charge in [-0.25, -0.2) is 0 Å². The van der Waals surface area contributed by atoms with E-state index < -0.39 is 0 Å². The fourth-order valence-electron chi connectivity index (χ4n) is 2.52. The van der Waals surface area contributed by atoms with Gasteiger partial charge in [0.1, 0.15) is 5.76 Å². The summed E-state index contributed by atoms with van der Waals surface area (Å²) in [6, 6.07) is 13.6. The van der Waals surface area contributed by atoms with Gasteiger partial charge in [-0.15, -0.1) is 0 Å². The highest BCUT2D eigenvalue weighted by atomic mass is 16.3. The van der Waals surface area contributed by atoms with Crippen molar-refractivity contribution in [2.45, 2.75) is 38.8 Å². The Labute approximate surface area is 150 Å². The molecule has 1 atom stereocenters. The number of hydrogen-bond donors (Lipinski definition) is 3. The zero-order valence-electron chi connectivity index (χ0n) is 15.3. The number of hydrogen-bond acceptors (Lipinski definition) is 4. The van der Waals surface area contributed by atoms with Gasteiger partial charge in [-0.1, -0.05) is 30.3 Å². The molecule has 0 saturated heterocycles. The molecule has 0 radical (unpaired) electrons. The molecule has 136 valence electrons. The van der Waals surface area contributed by atoms with Crippen molar-refractivity contribution in [2.24, 2.45) is 0 Å². The Morgan fingerprint density at radius 1 is 1.08 bits per heavy atom. The van der Waals surface area contributed by atoms with E-state index in [1.54, 1.807) is 6.26 Å². The van der Waals surface area contributed by atoms with Crippen LogP contribution in [0.15, 0.2) is 53.1 Å². The van der Waals surface area contributed by atoms with Gasteiger partial charge >= 0.3 is 0 Å². The zero-order chi connectivity index (χ0) is 18.1. The molecule has 1 heterocycles. The first kappa shape index (κ1) is 19.2. The number of furan rings is 1. The molecule has 0 saturated carbocycles. The third-order valence-electron chi connectivity index (χ3n) is 3.76. The van der Waals surface area contributed by atoms with Crippen LogP contribution >= 0.6 is 0 Å². The first-order chi connectivity index (χ1) is 12.0. The van der Waals surface area contributed by atoms with E-state index in [0.29, 0.717) is 6.54 Å². The Kier molecular flexibility index (Phi) is 7.22. The maximum Gasteiger partial charge on any atom is 0.233 e. The monoisotopic (exact) mass is 343 g/mol. The van der Waals surface area contributed by atoms with Crippen molar-refractivity contribution < 1.29 is 9.21 Å². The number of benzene rings is 1. The Balaban J connectivity index is 1.78. The quantitative estimate of drug-likeness (QED) is 0.613. The van der Waals surface area contributed by atoms with E-state index in [1.165, 1.54) is 0 Å². The second-order valence-corrected chi connectivity index (χ2v) is 7.12. The summed E-state index contributed by atoms with van der Waals surface area (Å²) < 4.78 is 5.52. The zero-order valence-corrected chi connectivity index (χ0v) is 15.3.